The maximum atomic E-state index is 13.0. The van der Waals surface area contributed by atoms with Crippen molar-refractivity contribution in [3.05, 3.63) is 52.7 Å². The average Bonchev–Trinajstić information content (AvgIpc) is 3.05. The molecule has 144 valence electrons. The molecule has 0 spiro atoms. The zero-order valence-electron chi connectivity index (χ0n) is 14.0. The minimum atomic E-state index is -4.56. The van der Waals surface area contributed by atoms with Crippen molar-refractivity contribution in [1.82, 2.24) is 14.6 Å². The van der Waals surface area contributed by atoms with Gasteiger partial charge in [-0.1, -0.05) is 35.5 Å². The van der Waals surface area contributed by atoms with E-state index in [1.807, 2.05) is 6.07 Å². The standard InChI is InChI=1S/C17H11ClF3N5OS/c18-12-7-11(17(19,20)21)9-26-15(12)24-25-16(26)28-6-5-14(27)23-13-4-2-1-3-10(13)8-22/h1-4,7,9H,5-6H2,(H,23,27). The van der Waals surface area contributed by atoms with Crippen LogP contribution in [-0.4, -0.2) is 26.3 Å². The van der Waals surface area contributed by atoms with Crippen molar-refractivity contribution in [1.29, 1.82) is 5.26 Å². The lowest BCUT2D eigenvalue weighted by Gasteiger charge is -2.09. The number of nitrogens with zero attached hydrogens (tertiary/aromatic N) is 4. The maximum Gasteiger partial charge on any atom is 0.417 e. The Labute approximate surface area is 166 Å². The van der Waals surface area contributed by atoms with Gasteiger partial charge < -0.3 is 5.32 Å². The predicted octanol–water partition coefficient (Wildman–Crippen LogP) is 4.39. The summed E-state index contributed by atoms with van der Waals surface area (Å²) in [5.41, 5.74) is -0.0853. The second-order valence-electron chi connectivity index (χ2n) is 5.55. The number of amides is 1. The van der Waals surface area contributed by atoms with E-state index in [9.17, 15) is 18.0 Å². The molecule has 2 aromatic heterocycles. The number of aromatic nitrogens is 3. The Morgan fingerprint density at radius 3 is 2.79 bits per heavy atom. The molecule has 3 aromatic rings. The third kappa shape index (κ3) is 4.37. The Morgan fingerprint density at radius 2 is 2.07 bits per heavy atom. The second kappa shape index (κ2) is 8.08. The van der Waals surface area contributed by atoms with Crippen molar-refractivity contribution in [2.24, 2.45) is 0 Å². The second-order valence-corrected chi connectivity index (χ2v) is 7.02. The van der Waals surface area contributed by atoms with Gasteiger partial charge in [-0.3, -0.25) is 9.20 Å². The Balaban J connectivity index is 1.68. The van der Waals surface area contributed by atoms with Crippen LogP contribution in [0.2, 0.25) is 5.02 Å². The lowest BCUT2D eigenvalue weighted by atomic mass is 10.2. The Bertz CT molecular complexity index is 1080. The maximum absolute atomic E-state index is 13.0. The number of pyridine rings is 1. The first kappa shape index (κ1) is 20.0. The molecule has 1 aromatic carbocycles. The Hall–Kier alpha value is -2.77. The molecule has 0 saturated carbocycles. The number of hydrogen-bond donors (Lipinski definition) is 1. The van der Waals surface area contributed by atoms with Crippen LogP contribution in [-0.2, 0) is 11.0 Å². The topological polar surface area (TPSA) is 83.1 Å². The van der Waals surface area contributed by atoms with E-state index in [-0.39, 0.29) is 33.9 Å². The number of para-hydroxylation sites is 1. The molecule has 1 N–H and O–H groups in total. The molecular formula is C17H11ClF3N5OS. The average molecular weight is 426 g/mol. The number of nitrogens with one attached hydrogen (secondary N) is 1. The molecular weight excluding hydrogens is 415 g/mol. The summed E-state index contributed by atoms with van der Waals surface area (Å²) < 4.78 is 40.0. The number of benzene rings is 1. The van der Waals surface area contributed by atoms with Gasteiger partial charge in [-0.2, -0.15) is 18.4 Å². The molecule has 0 bridgehead atoms. The van der Waals surface area contributed by atoms with Crippen LogP contribution in [0.15, 0.2) is 41.7 Å². The SMILES string of the molecule is N#Cc1ccccc1NC(=O)CCSc1nnc2c(Cl)cc(C(F)(F)F)cn12. The van der Waals surface area contributed by atoms with Crippen LogP contribution < -0.4 is 5.32 Å². The fourth-order valence-electron chi connectivity index (χ4n) is 2.32. The molecule has 0 radical (unpaired) electrons. The van der Waals surface area contributed by atoms with Gasteiger partial charge in [0.2, 0.25) is 5.91 Å². The quantitative estimate of drug-likeness (QED) is 0.613. The molecule has 0 aliphatic heterocycles. The Morgan fingerprint density at radius 1 is 1.32 bits per heavy atom. The van der Waals surface area contributed by atoms with Crippen molar-refractivity contribution in [3.8, 4) is 6.07 Å². The van der Waals surface area contributed by atoms with Crippen molar-refractivity contribution in [2.75, 3.05) is 11.1 Å². The summed E-state index contributed by atoms with van der Waals surface area (Å²) in [6.45, 7) is 0. The molecule has 1 amide bonds. The summed E-state index contributed by atoms with van der Waals surface area (Å²) in [4.78, 5) is 12.1. The third-order valence-corrected chi connectivity index (χ3v) is 4.86. The number of nitriles is 1. The first-order valence-electron chi connectivity index (χ1n) is 7.83. The van der Waals surface area contributed by atoms with Gasteiger partial charge >= 0.3 is 6.18 Å². The number of fused-ring (bicyclic) bond motifs is 1. The van der Waals surface area contributed by atoms with Crippen LogP contribution in [0.25, 0.3) is 5.65 Å². The third-order valence-electron chi connectivity index (χ3n) is 3.64. The lowest BCUT2D eigenvalue weighted by Crippen LogP contribution is -2.13. The molecule has 0 aliphatic carbocycles. The number of carbonyl (C=O) groups excluding carboxylic acids is 1. The van der Waals surface area contributed by atoms with Crippen LogP contribution in [0.1, 0.15) is 17.5 Å². The number of thioether (sulfide) groups is 1. The van der Waals surface area contributed by atoms with Gasteiger partial charge in [0.15, 0.2) is 10.8 Å². The molecule has 2 heterocycles. The molecule has 0 aliphatic rings. The number of alkyl halides is 3. The molecule has 11 heteroatoms. The fraction of sp³-hybridized carbons (Fsp3) is 0.176. The summed E-state index contributed by atoms with van der Waals surface area (Å²) in [6.07, 6.45) is -3.63. The molecule has 0 atom stereocenters. The molecule has 6 nitrogen and oxygen atoms in total. The summed E-state index contributed by atoms with van der Waals surface area (Å²) in [5, 5.41) is 19.3. The molecule has 3 rings (SSSR count). The monoisotopic (exact) mass is 425 g/mol. The van der Waals surface area contributed by atoms with E-state index < -0.39 is 11.7 Å². The fourth-order valence-corrected chi connectivity index (χ4v) is 3.42. The van der Waals surface area contributed by atoms with E-state index in [1.54, 1.807) is 24.3 Å². The van der Waals surface area contributed by atoms with Crippen LogP contribution >= 0.6 is 23.4 Å². The first-order chi connectivity index (χ1) is 13.3. The van der Waals surface area contributed by atoms with E-state index in [0.717, 1.165) is 28.4 Å². The van der Waals surface area contributed by atoms with Gasteiger partial charge in [0, 0.05) is 18.4 Å². The first-order valence-corrected chi connectivity index (χ1v) is 9.19. The van der Waals surface area contributed by atoms with E-state index in [4.69, 9.17) is 16.9 Å². The highest BCUT2D eigenvalue weighted by Crippen LogP contribution is 2.33. The van der Waals surface area contributed by atoms with Gasteiger partial charge in [-0.15, -0.1) is 10.2 Å². The van der Waals surface area contributed by atoms with Gasteiger partial charge in [-0.25, -0.2) is 0 Å². The van der Waals surface area contributed by atoms with E-state index in [2.05, 4.69) is 15.5 Å². The highest BCUT2D eigenvalue weighted by molar-refractivity contribution is 7.99. The predicted molar refractivity (Wildman–Crippen MR) is 98.1 cm³/mol. The normalized spacial score (nSPS) is 11.4. The smallest absolute Gasteiger partial charge is 0.325 e. The van der Waals surface area contributed by atoms with Crippen LogP contribution in [0.4, 0.5) is 18.9 Å². The number of hydrogen-bond acceptors (Lipinski definition) is 5. The Kier molecular flexibility index (Phi) is 5.76. The molecule has 0 unspecified atom stereocenters. The van der Waals surface area contributed by atoms with Gasteiger partial charge in [-0.05, 0) is 18.2 Å². The van der Waals surface area contributed by atoms with Crippen molar-refractivity contribution in [2.45, 2.75) is 17.8 Å². The van der Waals surface area contributed by atoms with Crippen LogP contribution in [0.3, 0.4) is 0 Å². The van der Waals surface area contributed by atoms with E-state index >= 15 is 0 Å². The highest BCUT2D eigenvalue weighted by atomic mass is 35.5. The largest absolute Gasteiger partial charge is 0.417 e. The minimum absolute atomic E-state index is 0.0615. The summed E-state index contributed by atoms with van der Waals surface area (Å²) in [5.74, 6) is -0.0899. The number of carbonyl (C=O) groups is 1. The zero-order valence-corrected chi connectivity index (χ0v) is 15.6. The van der Waals surface area contributed by atoms with Crippen LogP contribution in [0, 0.1) is 11.3 Å². The lowest BCUT2D eigenvalue weighted by molar-refractivity contribution is -0.137. The van der Waals surface area contributed by atoms with E-state index in [0.29, 0.717) is 11.3 Å². The van der Waals surface area contributed by atoms with Gasteiger partial charge in [0.1, 0.15) is 6.07 Å². The highest BCUT2D eigenvalue weighted by Gasteiger charge is 2.32. The van der Waals surface area contributed by atoms with Gasteiger partial charge in [0.05, 0.1) is 21.8 Å². The van der Waals surface area contributed by atoms with Crippen molar-refractivity contribution >= 4 is 40.6 Å². The number of halogens is 4. The summed E-state index contributed by atoms with van der Waals surface area (Å²) in [7, 11) is 0. The van der Waals surface area contributed by atoms with E-state index in [1.165, 1.54) is 0 Å². The van der Waals surface area contributed by atoms with Crippen molar-refractivity contribution in [3.63, 3.8) is 0 Å². The molecule has 28 heavy (non-hydrogen) atoms. The number of rotatable bonds is 5. The molecule has 0 fully saturated rings. The molecule has 0 saturated heterocycles. The van der Waals surface area contributed by atoms with Crippen molar-refractivity contribution < 1.29 is 18.0 Å². The summed E-state index contributed by atoms with van der Waals surface area (Å²) in [6, 6.07) is 9.32. The zero-order chi connectivity index (χ0) is 20.3. The van der Waals surface area contributed by atoms with Crippen LogP contribution in [0.5, 0.6) is 0 Å². The van der Waals surface area contributed by atoms with Gasteiger partial charge in [0.25, 0.3) is 0 Å². The number of anilines is 1. The summed E-state index contributed by atoms with van der Waals surface area (Å²) >= 11 is 6.93. The minimum Gasteiger partial charge on any atom is -0.325 e.